The summed E-state index contributed by atoms with van der Waals surface area (Å²) in [4.78, 5) is 1.01. The molecule has 3 heterocycles. The van der Waals surface area contributed by atoms with E-state index >= 15 is 0 Å². The van der Waals surface area contributed by atoms with Gasteiger partial charge in [0.1, 0.15) is 0 Å². The predicted molar refractivity (Wildman–Crippen MR) is 80.3 cm³/mol. The molecule has 3 aromatic rings. The third kappa shape index (κ3) is 3.16. The number of rotatable bonds is 5. The Kier molecular flexibility index (Phi) is 4.07. The molecule has 0 fully saturated rings. The minimum absolute atomic E-state index is 0.230. The van der Waals surface area contributed by atoms with Crippen LogP contribution in [0.3, 0.4) is 0 Å². The lowest BCUT2D eigenvalue weighted by Gasteiger charge is -1.94. The highest BCUT2D eigenvalue weighted by molar-refractivity contribution is 7.98. The second-order valence-corrected chi connectivity index (χ2v) is 6.63. The van der Waals surface area contributed by atoms with Gasteiger partial charge in [0.05, 0.1) is 10.6 Å². The van der Waals surface area contributed by atoms with Crippen LogP contribution in [0.2, 0.25) is 0 Å². The number of aryl methyl sites for hydroxylation is 1. The van der Waals surface area contributed by atoms with Gasteiger partial charge in [-0.05, 0) is 23.9 Å². The van der Waals surface area contributed by atoms with Crippen LogP contribution in [0.25, 0.3) is 10.8 Å². The quantitative estimate of drug-likeness (QED) is 0.659. The summed E-state index contributed by atoms with van der Waals surface area (Å²) < 4.78 is 11.2. The smallest absolute Gasteiger partial charge is 0.277 e. The van der Waals surface area contributed by atoms with Gasteiger partial charge in [0.2, 0.25) is 11.8 Å². The van der Waals surface area contributed by atoms with Crippen molar-refractivity contribution in [3.05, 3.63) is 28.8 Å². The van der Waals surface area contributed by atoms with Gasteiger partial charge in [-0.2, -0.15) is 0 Å². The summed E-state index contributed by atoms with van der Waals surface area (Å²) in [6.07, 6.45) is 0. The first-order valence-corrected chi connectivity index (χ1v) is 8.33. The SMILES string of the molecule is Cc1ccsc1-c1nnc(SCc2nnc(C(C)C)o2)o1. The molecule has 110 valence electrons. The van der Waals surface area contributed by atoms with E-state index < -0.39 is 0 Å². The molecule has 0 aliphatic heterocycles. The van der Waals surface area contributed by atoms with E-state index in [0.29, 0.717) is 28.6 Å². The molecule has 3 rings (SSSR count). The number of hydrogen-bond donors (Lipinski definition) is 0. The molecule has 0 N–H and O–H groups in total. The normalized spacial score (nSPS) is 11.4. The van der Waals surface area contributed by atoms with Gasteiger partial charge in [0.25, 0.3) is 11.1 Å². The molecule has 0 unspecified atom stereocenters. The highest BCUT2D eigenvalue weighted by Gasteiger charge is 2.14. The van der Waals surface area contributed by atoms with E-state index in [0.717, 1.165) is 10.4 Å². The van der Waals surface area contributed by atoms with Gasteiger partial charge in [-0.15, -0.1) is 31.7 Å². The van der Waals surface area contributed by atoms with Crippen LogP contribution in [0.5, 0.6) is 0 Å². The molecule has 0 radical (unpaired) electrons. The Labute approximate surface area is 130 Å². The minimum atomic E-state index is 0.230. The van der Waals surface area contributed by atoms with Crippen LogP contribution in [-0.2, 0) is 5.75 Å². The van der Waals surface area contributed by atoms with Crippen LogP contribution in [0, 0.1) is 6.92 Å². The van der Waals surface area contributed by atoms with E-state index in [-0.39, 0.29) is 5.92 Å². The van der Waals surface area contributed by atoms with Crippen molar-refractivity contribution < 1.29 is 8.83 Å². The molecule has 0 aromatic carbocycles. The molecule has 0 aliphatic carbocycles. The highest BCUT2D eigenvalue weighted by Crippen LogP contribution is 2.30. The first-order chi connectivity index (χ1) is 10.1. The van der Waals surface area contributed by atoms with Gasteiger partial charge in [-0.3, -0.25) is 0 Å². The van der Waals surface area contributed by atoms with Gasteiger partial charge in [-0.1, -0.05) is 25.6 Å². The van der Waals surface area contributed by atoms with Crippen LogP contribution in [0.1, 0.15) is 37.1 Å². The van der Waals surface area contributed by atoms with E-state index in [9.17, 15) is 0 Å². The van der Waals surface area contributed by atoms with Crippen LogP contribution >= 0.6 is 23.1 Å². The van der Waals surface area contributed by atoms with Crippen LogP contribution in [0.15, 0.2) is 25.5 Å². The third-order valence-electron chi connectivity index (χ3n) is 2.76. The number of thioether (sulfide) groups is 1. The van der Waals surface area contributed by atoms with Crippen molar-refractivity contribution in [1.29, 1.82) is 0 Å². The molecule has 0 aliphatic rings. The zero-order valence-electron chi connectivity index (χ0n) is 11.9. The van der Waals surface area contributed by atoms with Crippen LogP contribution < -0.4 is 0 Å². The molecule has 0 saturated heterocycles. The molecule has 0 bridgehead atoms. The summed E-state index contributed by atoms with van der Waals surface area (Å²) in [5.41, 5.74) is 1.14. The Morgan fingerprint density at radius 2 is 2.05 bits per heavy atom. The topological polar surface area (TPSA) is 77.8 Å². The lowest BCUT2D eigenvalue weighted by atomic mass is 10.2. The maximum absolute atomic E-state index is 5.65. The lowest BCUT2D eigenvalue weighted by molar-refractivity contribution is 0.442. The second-order valence-electron chi connectivity index (χ2n) is 4.78. The summed E-state index contributed by atoms with van der Waals surface area (Å²) in [7, 11) is 0. The summed E-state index contributed by atoms with van der Waals surface area (Å²) in [5.74, 6) is 2.51. The summed E-state index contributed by atoms with van der Waals surface area (Å²) in [6, 6.07) is 2.03. The van der Waals surface area contributed by atoms with Crippen LogP contribution in [-0.4, -0.2) is 20.4 Å². The molecule has 0 spiro atoms. The molecule has 0 atom stereocenters. The summed E-state index contributed by atoms with van der Waals surface area (Å²) in [6.45, 7) is 6.05. The maximum Gasteiger partial charge on any atom is 0.277 e. The zero-order chi connectivity index (χ0) is 14.8. The van der Waals surface area contributed by atoms with Crippen molar-refractivity contribution >= 4 is 23.1 Å². The van der Waals surface area contributed by atoms with Crippen molar-refractivity contribution in [2.24, 2.45) is 0 Å². The predicted octanol–water partition coefficient (Wildman–Crippen LogP) is 3.91. The fourth-order valence-electron chi connectivity index (χ4n) is 1.63. The van der Waals surface area contributed by atoms with Crippen molar-refractivity contribution in [2.45, 2.75) is 37.7 Å². The van der Waals surface area contributed by atoms with E-state index in [2.05, 4.69) is 20.4 Å². The standard InChI is InChI=1S/C13H14N4O2S2/c1-7(2)11-15-14-9(18-11)6-21-13-17-16-12(19-13)10-8(3)4-5-20-10/h4-5,7H,6H2,1-3H3. The fraction of sp³-hybridized carbons (Fsp3) is 0.385. The van der Waals surface area contributed by atoms with Gasteiger partial charge < -0.3 is 8.83 Å². The first-order valence-electron chi connectivity index (χ1n) is 6.46. The average molecular weight is 322 g/mol. The number of hydrogen-bond acceptors (Lipinski definition) is 8. The van der Waals surface area contributed by atoms with Gasteiger partial charge >= 0.3 is 0 Å². The van der Waals surface area contributed by atoms with E-state index in [1.54, 1.807) is 11.3 Å². The Hall–Kier alpha value is -1.67. The van der Waals surface area contributed by atoms with Crippen molar-refractivity contribution in [2.75, 3.05) is 0 Å². The Balaban J connectivity index is 1.66. The van der Waals surface area contributed by atoms with Crippen molar-refractivity contribution in [1.82, 2.24) is 20.4 Å². The molecular weight excluding hydrogens is 308 g/mol. The average Bonchev–Trinajstić information content (AvgIpc) is 3.16. The monoisotopic (exact) mass is 322 g/mol. The minimum Gasteiger partial charge on any atom is -0.424 e. The van der Waals surface area contributed by atoms with Crippen LogP contribution in [0.4, 0.5) is 0 Å². The molecular formula is C13H14N4O2S2. The van der Waals surface area contributed by atoms with Gasteiger partial charge in [0.15, 0.2) is 0 Å². The fourth-order valence-corrected chi connectivity index (χ4v) is 3.08. The Bertz CT molecular complexity index is 732. The molecule has 8 heteroatoms. The molecule has 3 aromatic heterocycles. The third-order valence-corrected chi connectivity index (χ3v) is 4.57. The Morgan fingerprint density at radius 1 is 1.19 bits per heavy atom. The Morgan fingerprint density at radius 3 is 2.71 bits per heavy atom. The largest absolute Gasteiger partial charge is 0.424 e. The zero-order valence-corrected chi connectivity index (χ0v) is 13.5. The van der Waals surface area contributed by atoms with E-state index in [1.807, 2.05) is 32.2 Å². The highest BCUT2D eigenvalue weighted by atomic mass is 32.2. The molecule has 21 heavy (non-hydrogen) atoms. The lowest BCUT2D eigenvalue weighted by Crippen LogP contribution is -1.85. The van der Waals surface area contributed by atoms with E-state index in [4.69, 9.17) is 8.83 Å². The summed E-state index contributed by atoms with van der Waals surface area (Å²) in [5, 5.41) is 18.6. The first kappa shape index (κ1) is 14.3. The summed E-state index contributed by atoms with van der Waals surface area (Å²) >= 11 is 2.98. The maximum atomic E-state index is 5.65. The van der Waals surface area contributed by atoms with E-state index in [1.165, 1.54) is 11.8 Å². The van der Waals surface area contributed by atoms with Crippen molar-refractivity contribution in [3.8, 4) is 10.8 Å². The second kappa shape index (κ2) is 5.98. The van der Waals surface area contributed by atoms with Crippen molar-refractivity contribution in [3.63, 3.8) is 0 Å². The van der Waals surface area contributed by atoms with Gasteiger partial charge in [0, 0.05) is 5.92 Å². The molecule has 0 saturated carbocycles. The molecule has 0 amide bonds. The molecule has 6 nitrogen and oxygen atoms in total. The number of aromatic nitrogens is 4. The number of thiophene rings is 1. The van der Waals surface area contributed by atoms with Gasteiger partial charge in [-0.25, -0.2) is 0 Å². The number of nitrogens with zero attached hydrogens (tertiary/aromatic N) is 4.